The number of ether oxygens (including phenoxy) is 2. The molecule has 0 aromatic heterocycles. The Morgan fingerprint density at radius 2 is 1.75 bits per heavy atom. The van der Waals surface area contributed by atoms with Gasteiger partial charge in [-0.25, -0.2) is 0 Å². The molecular weight excluding hydrogens is 382 g/mol. The van der Waals surface area contributed by atoms with Gasteiger partial charge in [-0.2, -0.15) is 0 Å². The molecule has 0 aliphatic rings. The third-order valence-electron chi connectivity index (χ3n) is 3.92. The molecule has 0 bridgehead atoms. The van der Waals surface area contributed by atoms with Crippen molar-refractivity contribution in [2.45, 2.75) is 32.9 Å². The van der Waals surface area contributed by atoms with Crippen molar-refractivity contribution in [3.05, 3.63) is 64.7 Å². The second-order valence-electron chi connectivity index (χ2n) is 6.12. The van der Waals surface area contributed by atoms with Gasteiger partial charge in [0.1, 0.15) is 5.75 Å². The highest BCUT2D eigenvalue weighted by molar-refractivity contribution is 6.31. The number of esters is 1. The van der Waals surface area contributed by atoms with Gasteiger partial charge in [0.15, 0.2) is 11.9 Å². The molecule has 2 rings (SSSR count). The van der Waals surface area contributed by atoms with Gasteiger partial charge >= 0.3 is 5.97 Å². The molecule has 0 saturated carbocycles. The Kier molecular flexibility index (Phi) is 8.02. The minimum atomic E-state index is -0.926. The van der Waals surface area contributed by atoms with Crippen molar-refractivity contribution in [1.82, 2.24) is 5.32 Å². The fraction of sp³-hybridized carbons (Fsp3) is 0.286. The topological polar surface area (TPSA) is 81.7 Å². The van der Waals surface area contributed by atoms with Crippen LogP contribution in [0.2, 0.25) is 5.02 Å². The van der Waals surface area contributed by atoms with Gasteiger partial charge in [-0.05, 0) is 49.7 Å². The molecular formula is C21H22ClNO5. The summed E-state index contributed by atoms with van der Waals surface area (Å²) in [6, 6.07) is 13.8. The molecule has 148 valence electrons. The molecule has 1 amide bonds. The number of rotatable bonds is 9. The van der Waals surface area contributed by atoms with Crippen LogP contribution in [-0.4, -0.2) is 30.4 Å². The summed E-state index contributed by atoms with van der Waals surface area (Å²) < 4.78 is 10.6. The minimum Gasteiger partial charge on any atom is -0.493 e. The van der Waals surface area contributed by atoms with Crippen LogP contribution >= 0.6 is 11.6 Å². The van der Waals surface area contributed by atoms with E-state index in [1.54, 1.807) is 42.5 Å². The Hall–Kier alpha value is -2.86. The molecule has 2 aromatic rings. The van der Waals surface area contributed by atoms with E-state index in [4.69, 9.17) is 21.1 Å². The van der Waals surface area contributed by atoms with Gasteiger partial charge in [-0.3, -0.25) is 14.4 Å². The van der Waals surface area contributed by atoms with Crippen molar-refractivity contribution in [2.75, 3.05) is 6.61 Å². The van der Waals surface area contributed by atoms with Crippen LogP contribution in [0.5, 0.6) is 5.75 Å². The fourth-order valence-corrected chi connectivity index (χ4v) is 2.52. The quantitative estimate of drug-likeness (QED) is 0.511. The molecule has 0 fully saturated rings. The molecule has 2 aromatic carbocycles. The molecule has 6 nitrogen and oxygen atoms in total. The summed E-state index contributed by atoms with van der Waals surface area (Å²) in [5.41, 5.74) is 1.36. The summed E-state index contributed by atoms with van der Waals surface area (Å²) in [6.07, 6.45) is -0.929. The average Bonchev–Trinajstić information content (AvgIpc) is 2.67. The second kappa shape index (κ2) is 10.5. The SMILES string of the molecule is CC(=O)c1ccc(OCCC(=O)OC(C)C(=O)NCc2ccccc2Cl)cc1. The molecule has 7 heteroatoms. The Morgan fingerprint density at radius 3 is 2.39 bits per heavy atom. The Bertz CT molecular complexity index is 835. The van der Waals surface area contributed by atoms with E-state index in [0.29, 0.717) is 16.3 Å². The van der Waals surface area contributed by atoms with Crippen LogP contribution < -0.4 is 10.1 Å². The van der Waals surface area contributed by atoms with Crippen LogP contribution in [0.25, 0.3) is 0 Å². The summed E-state index contributed by atoms with van der Waals surface area (Å²) in [5, 5.41) is 3.24. The standard InChI is InChI=1S/C21H22ClNO5/c1-14(24)16-7-9-18(10-8-16)27-12-11-20(25)28-15(2)21(26)23-13-17-5-3-4-6-19(17)22/h3-10,15H,11-13H2,1-2H3,(H,23,26). The van der Waals surface area contributed by atoms with Crippen molar-refractivity contribution in [3.8, 4) is 5.75 Å². The van der Waals surface area contributed by atoms with Crippen molar-refractivity contribution in [2.24, 2.45) is 0 Å². The maximum Gasteiger partial charge on any atom is 0.310 e. The van der Waals surface area contributed by atoms with Crippen molar-refractivity contribution in [3.63, 3.8) is 0 Å². The molecule has 1 N–H and O–H groups in total. The smallest absolute Gasteiger partial charge is 0.310 e. The Balaban J connectivity index is 1.70. The largest absolute Gasteiger partial charge is 0.493 e. The summed E-state index contributed by atoms with van der Waals surface area (Å²) >= 11 is 6.04. The number of halogens is 1. The number of amides is 1. The first-order chi connectivity index (χ1) is 13.4. The van der Waals surface area contributed by atoms with Crippen molar-refractivity contribution in [1.29, 1.82) is 0 Å². The number of carbonyl (C=O) groups is 3. The zero-order valence-electron chi connectivity index (χ0n) is 15.7. The summed E-state index contributed by atoms with van der Waals surface area (Å²) in [6.45, 7) is 3.34. The molecule has 1 unspecified atom stereocenters. The normalized spacial score (nSPS) is 11.4. The average molecular weight is 404 g/mol. The first-order valence-corrected chi connectivity index (χ1v) is 9.19. The van der Waals surface area contributed by atoms with E-state index in [0.717, 1.165) is 5.56 Å². The molecule has 0 heterocycles. The van der Waals surface area contributed by atoms with E-state index in [2.05, 4.69) is 5.32 Å². The van der Waals surface area contributed by atoms with Gasteiger partial charge in [0, 0.05) is 17.1 Å². The van der Waals surface area contributed by atoms with Crippen molar-refractivity contribution >= 4 is 29.3 Å². The Morgan fingerprint density at radius 1 is 1.07 bits per heavy atom. The van der Waals surface area contributed by atoms with Crippen LogP contribution in [0.15, 0.2) is 48.5 Å². The summed E-state index contributed by atoms with van der Waals surface area (Å²) in [4.78, 5) is 35.1. The zero-order valence-corrected chi connectivity index (χ0v) is 16.5. The lowest BCUT2D eigenvalue weighted by molar-refractivity contribution is -0.155. The fourth-order valence-electron chi connectivity index (χ4n) is 2.32. The predicted octanol–water partition coefficient (Wildman–Crippen LogP) is 3.56. The van der Waals surface area contributed by atoms with Crippen LogP contribution in [0, 0.1) is 0 Å². The van der Waals surface area contributed by atoms with E-state index in [1.807, 2.05) is 6.07 Å². The number of nitrogens with one attached hydrogen (secondary N) is 1. The number of hydrogen-bond donors (Lipinski definition) is 1. The minimum absolute atomic E-state index is 0.00338. The van der Waals surface area contributed by atoms with Gasteiger partial charge in [0.05, 0.1) is 13.0 Å². The number of benzene rings is 2. The van der Waals surface area contributed by atoms with E-state index in [1.165, 1.54) is 13.8 Å². The van der Waals surface area contributed by atoms with E-state index in [-0.39, 0.29) is 25.4 Å². The number of hydrogen-bond acceptors (Lipinski definition) is 5. The van der Waals surface area contributed by atoms with E-state index < -0.39 is 18.0 Å². The molecule has 0 saturated heterocycles. The molecule has 0 radical (unpaired) electrons. The highest BCUT2D eigenvalue weighted by atomic mass is 35.5. The van der Waals surface area contributed by atoms with Gasteiger partial charge in [0.25, 0.3) is 5.91 Å². The Labute approximate surface area is 168 Å². The third-order valence-corrected chi connectivity index (χ3v) is 4.29. The van der Waals surface area contributed by atoms with Crippen LogP contribution in [0.3, 0.4) is 0 Å². The van der Waals surface area contributed by atoms with Gasteiger partial charge in [0.2, 0.25) is 0 Å². The van der Waals surface area contributed by atoms with Gasteiger partial charge in [-0.15, -0.1) is 0 Å². The molecule has 0 spiro atoms. The summed E-state index contributed by atoms with van der Waals surface area (Å²) in [7, 11) is 0. The first kappa shape index (κ1) is 21.4. The molecule has 1 atom stereocenters. The predicted molar refractivity (Wildman–Crippen MR) is 105 cm³/mol. The summed E-state index contributed by atoms with van der Waals surface area (Å²) in [5.74, 6) is -0.435. The lowest BCUT2D eigenvalue weighted by Gasteiger charge is -2.14. The van der Waals surface area contributed by atoms with Crippen LogP contribution in [0.1, 0.15) is 36.2 Å². The van der Waals surface area contributed by atoms with Crippen molar-refractivity contribution < 1.29 is 23.9 Å². The lowest BCUT2D eigenvalue weighted by Crippen LogP contribution is -2.35. The van der Waals surface area contributed by atoms with Gasteiger partial charge in [-0.1, -0.05) is 29.8 Å². The van der Waals surface area contributed by atoms with Crippen LogP contribution in [-0.2, 0) is 20.9 Å². The van der Waals surface area contributed by atoms with E-state index in [9.17, 15) is 14.4 Å². The molecule has 0 aliphatic heterocycles. The number of ketones is 1. The maximum atomic E-state index is 12.1. The second-order valence-corrected chi connectivity index (χ2v) is 6.53. The van der Waals surface area contributed by atoms with Gasteiger partial charge < -0.3 is 14.8 Å². The van der Waals surface area contributed by atoms with Crippen LogP contribution in [0.4, 0.5) is 0 Å². The number of carbonyl (C=O) groups excluding carboxylic acids is 3. The highest BCUT2D eigenvalue weighted by Crippen LogP contribution is 2.15. The lowest BCUT2D eigenvalue weighted by atomic mass is 10.1. The zero-order chi connectivity index (χ0) is 20.5. The third kappa shape index (κ3) is 6.70. The molecule has 28 heavy (non-hydrogen) atoms. The highest BCUT2D eigenvalue weighted by Gasteiger charge is 2.17. The number of Topliss-reactive ketones (excluding diaryl/α,β-unsaturated/α-hetero) is 1. The first-order valence-electron chi connectivity index (χ1n) is 8.81. The monoisotopic (exact) mass is 403 g/mol. The molecule has 0 aliphatic carbocycles. The maximum absolute atomic E-state index is 12.1. The van der Waals surface area contributed by atoms with E-state index >= 15 is 0 Å².